The van der Waals surface area contributed by atoms with E-state index in [-0.39, 0.29) is 6.03 Å². The van der Waals surface area contributed by atoms with Crippen LogP contribution < -0.4 is 20.1 Å². The number of ether oxygens (including phenoxy) is 2. The molecule has 2 N–H and O–H groups in total. The fourth-order valence-corrected chi connectivity index (χ4v) is 3.79. The van der Waals surface area contributed by atoms with Crippen molar-refractivity contribution in [1.82, 2.24) is 15.5 Å². The van der Waals surface area contributed by atoms with E-state index in [2.05, 4.69) is 39.8 Å². The molecule has 4 rings (SSSR count). The minimum atomic E-state index is -0.0786. The zero-order valence-corrected chi connectivity index (χ0v) is 16.0. The predicted octanol–water partition coefficient (Wildman–Crippen LogP) is 2.78. The maximum absolute atomic E-state index is 12.0. The number of nitrogens with one attached hydrogen (secondary N) is 2. The van der Waals surface area contributed by atoms with Gasteiger partial charge in [0.15, 0.2) is 11.5 Å². The van der Waals surface area contributed by atoms with Crippen LogP contribution in [-0.4, -0.2) is 43.9 Å². The Morgan fingerprint density at radius 3 is 2.79 bits per heavy atom. The molecule has 6 nitrogen and oxygen atoms in total. The Labute approximate surface area is 165 Å². The number of likely N-dealkylation sites (tertiary alicyclic amines) is 1. The lowest BCUT2D eigenvalue weighted by Gasteiger charge is -2.17. The van der Waals surface area contributed by atoms with Gasteiger partial charge < -0.3 is 20.1 Å². The van der Waals surface area contributed by atoms with Crippen LogP contribution in [0.2, 0.25) is 0 Å². The summed E-state index contributed by atoms with van der Waals surface area (Å²) in [5.74, 6) is 2.15. The third-order valence-electron chi connectivity index (χ3n) is 5.31. The molecule has 0 bridgehead atoms. The van der Waals surface area contributed by atoms with E-state index in [1.807, 2.05) is 24.3 Å². The molecular formula is C22H27N3O3. The molecule has 1 atom stereocenters. The van der Waals surface area contributed by atoms with Gasteiger partial charge in [0.25, 0.3) is 0 Å². The average molecular weight is 381 g/mol. The van der Waals surface area contributed by atoms with E-state index < -0.39 is 0 Å². The number of benzene rings is 2. The number of fused-ring (bicyclic) bond motifs is 1. The van der Waals surface area contributed by atoms with Gasteiger partial charge in [-0.3, -0.25) is 4.90 Å². The molecule has 28 heavy (non-hydrogen) atoms. The Balaban J connectivity index is 1.14. The van der Waals surface area contributed by atoms with Gasteiger partial charge in [-0.05, 0) is 48.6 Å². The Morgan fingerprint density at radius 1 is 1.04 bits per heavy atom. The minimum Gasteiger partial charge on any atom is -0.454 e. The van der Waals surface area contributed by atoms with Crippen LogP contribution in [-0.2, 0) is 13.0 Å². The van der Waals surface area contributed by atoms with Crippen LogP contribution in [0.3, 0.4) is 0 Å². The number of hydrogen-bond donors (Lipinski definition) is 2. The first-order valence-corrected chi connectivity index (χ1v) is 9.93. The second kappa shape index (κ2) is 8.97. The van der Waals surface area contributed by atoms with Gasteiger partial charge in [-0.15, -0.1) is 0 Å². The molecule has 1 saturated heterocycles. The quantitative estimate of drug-likeness (QED) is 0.774. The Kier molecular flexibility index (Phi) is 5.97. The molecule has 0 spiro atoms. The summed E-state index contributed by atoms with van der Waals surface area (Å²) < 4.78 is 10.8. The number of carbonyl (C=O) groups is 1. The van der Waals surface area contributed by atoms with E-state index in [1.165, 1.54) is 11.1 Å². The van der Waals surface area contributed by atoms with E-state index in [0.29, 0.717) is 19.3 Å². The number of amides is 2. The van der Waals surface area contributed by atoms with Gasteiger partial charge in [0.05, 0.1) is 0 Å². The number of urea groups is 1. The van der Waals surface area contributed by atoms with Crippen molar-refractivity contribution in [3.8, 4) is 11.5 Å². The lowest BCUT2D eigenvalue weighted by atomic mass is 10.1. The summed E-state index contributed by atoms with van der Waals surface area (Å²) in [7, 11) is 0. The van der Waals surface area contributed by atoms with Crippen molar-refractivity contribution in [3.05, 3.63) is 59.7 Å². The van der Waals surface area contributed by atoms with Crippen molar-refractivity contribution in [2.24, 2.45) is 5.92 Å². The second-order valence-electron chi connectivity index (χ2n) is 7.45. The number of hydrogen-bond acceptors (Lipinski definition) is 4. The largest absolute Gasteiger partial charge is 0.454 e. The van der Waals surface area contributed by atoms with Crippen LogP contribution in [0.5, 0.6) is 11.5 Å². The zero-order valence-electron chi connectivity index (χ0n) is 16.0. The van der Waals surface area contributed by atoms with Crippen molar-refractivity contribution in [1.29, 1.82) is 0 Å². The molecule has 0 saturated carbocycles. The van der Waals surface area contributed by atoms with Gasteiger partial charge in [0.2, 0.25) is 6.79 Å². The van der Waals surface area contributed by atoms with E-state index in [4.69, 9.17) is 9.47 Å². The van der Waals surface area contributed by atoms with Crippen molar-refractivity contribution in [2.45, 2.75) is 19.4 Å². The molecular weight excluding hydrogens is 354 g/mol. The first kappa shape index (κ1) is 18.6. The molecule has 2 heterocycles. The summed E-state index contributed by atoms with van der Waals surface area (Å²) in [5.41, 5.74) is 2.47. The van der Waals surface area contributed by atoms with Crippen LogP contribution in [0.4, 0.5) is 4.79 Å². The van der Waals surface area contributed by atoms with E-state index in [1.54, 1.807) is 0 Å². The van der Waals surface area contributed by atoms with Gasteiger partial charge in [-0.1, -0.05) is 36.4 Å². The number of rotatable bonds is 7. The molecule has 6 heteroatoms. The fourth-order valence-electron chi connectivity index (χ4n) is 3.79. The summed E-state index contributed by atoms with van der Waals surface area (Å²) in [5, 5.41) is 5.96. The molecule has 1 unspecified atom stereocenters. The van der Waals surface area contributed by atoms with Crippen LogP contribution in [0.25, 0.3) is 0 Å². The van der Waals surface area contributed by atoms with Crippen LogP contribution >= 0.6 is 0 Å². The molecule has 2 aliphatic heterocycles. The third-order valence-corrected chi connectivity index (χ3v) is 5.31. The lowest BCUT2D eigenvalue weighted by molar-refractivity contribution is 0.174. The Bertz CT molecular complexity index is 797. The molecule has 2 amide bonds. The molecule has 0 aliphatic carbocycles. The smallest absolute Gasteiger partial charge is 0.314 e. The molecule has 2 aliphatic rings. The number of nitrogens with zero attached hydrogens (tertiary/aromatic N) is 1. The topological polar surface area (TPSA) is 62.8 Å². The third kappa shape index (κ3) is 4.95. The molecule has 2 aromatic rings. The SMILES string of the molecule is O=C(NCCc1ccccc1)NCC1CCN(Cc2ccc3c(c2)OCO3)C1. The summed E-state index contributed by atoms with van der Waals surface area (Å²) in [4.78, 5) is 14.4. The minimum absolute atomic E-state index is 0.0786. The molecule has 0 aromatic heterocycles. The summed E-state index contributed by atoms with van der Waals surface area (Å²) >= 11 is 0. The standard InChI is InChI=1S/C22H27N3O3/c26-22(23-10-8-17-4-2-1-3-5-17)24-13-19-9-11-25(15-19)14-18-6-7-20-21(12-18)28-16-27-20/h1-7,12,19H,8-11,13-16H2,(H2,23,24,26). The molecule has 148 valence electrons. The van der Waals surface area contributed by atoms with Crippen molar-refractivity contribution < 1.29 is 14.3 Å². The van der Waals surface area contributed by atoms with E-state index >= 15 is 0 Å². The zero-order chi connectivity index (χ0) is 19.2. The highest BCUT2D eigenvalue weighted by Crippen LogP contribution is 2.33. The summed E-state index contributed by atoms with van der Waals surface area (Å²) in [6.45, 7) is 4.63. The Morgan fingerprint density at radius 2 is 1.89 bits per heavy atom. The van der Waals surface area contributed by atoms with Crippen molar-refractivity contribution >= 4 is 6.03 Å². The van der Waals surface area contributed by atoms with Gasteiger partial charge in [-0.2, -0.15) is 0 Å². The first-order chi connectivity index (χ1) is 13.8. The highest BCUT2D eigenvalue weighted by atomic mass is 16.7. The average Bonchev–Trinajstić information content (AvgIpc) is 3.36. The maximum Gasteiger partial charge on any atom is 0.314 e. The molecule has 2 aromatic carbocycles. The first-order valence-electron chi connectivity index (χ1n) is 9.93. The van der Waals surface area contributed by atoms with E-state index in [0.717, 1.165) is 50.5 Å². The highest BCUT2D eigenvalue weighted by Gasteiger charge is 2.23. The fraction of sp³-hybridized carbons (Fsp3) is 0.409. The van der Waals surface area contributed by atoms with Crippen molar-refractivity contribution in [2.75, 3.05) is 33.0 Å². The van der Waals surface area contributed by atoms with Crippen LogP contribution in [0, 0.1) is 5.92 Å². The van der Waals surface area contributed by atoms with Crippen molar-refractivity contribution in [3.63, 3.8) is 0 Å². The monoisotopic (exact) mass is 381 g/mol. The van der Waals surface area contributed by atoms with E-state index in [9.17, 15) is 4.79 Å². The summed E-state index contributed by atoms with van der Waals surface area (Å²) in [6.07, 6.45) is 1.95. The Hall–Kier alpha value is -2.73. The normalized spacial score (nSPS) is 18.2. The highest BCUT2D eigenvalue weighted by molar-refractivity contribution is 5.73. The predicted molar refractivity (Wildman–Crippen MR) is 107 cm³/mol. The van der Waals surface area contributed by atoms with Crippen LogP contribution in [0.15, 0.2) is 48.5 Å². The molecule has 1 fully saturated rings. The lowest BCUT2D eigenvalue weighted by Crippen LogP contribution is -2.39. The summed E-state index contributed by atoms with van der Waals surface area (Å²) in [6, 6.07) is 16.3. The maximum atomic E-state index is 12.0. The second-order valence-corrected chi connectivity index (χ2v) is 7.45. The number of carbonyl (C=O) groups excluding carboxylic acids is 1. The van der Waals surface area contributed by atoms with Gasteiger partial charge >= 0.3 is 6.03 Å². The van der Waals surface area contributed by atoms with Gasteiger partial charge in [-0.25, -0.2) is 4.79 Å². The van der Waals surface area contributed by atoms with Gasteiger partial charge in [0, 0.05) is 26.2 Å². The molecule has 0 radical (unpaired) electrons. The van der Waals surface area contributed by atoms with Crippen LogP contribution in [0.1, 0.15) is 17.5 Å². The van der Waals surface area contributed by atoms with Gasteiger partial charge in [0.1, 0.15) is 0 Å².